The molecule has 16 heavy (non-hydrogen) atoms. The molecule has 0 atom stereocenters. The molecule has 0 saturated heterocycles. The summed E-state index contributed by atoms with van der Waals surface area (Å²) in [6, 6.07) is 5.15. The quantitative estimate of drug-likeness (QED) is 0.279. The van der Waals surface area contributed by atoms with Crippen LogP contribution in [0.5, 0.6) is 0 Å². The van der Waals surface area contributed by atoms with Gasteiger partial charge in [-0.05, 0) is 41.0 Å². The molecule has 1 aromatic rings. The van der Waals surface area contributed by atoms with Crippen LogP contribution in [-0.4, -0.2) is 24.3 Å². The van der Waals surface area contributed by atoms with Crippen molar-refractivity contribution in [3.05, 3.63) is 21.8 Å². The SMILES string of the molecule is CSc1cccc(N(N)C(=O)N(C)N)c1I. The lowest BCUT2D eigenvalue weighted by molar-refractivity contribution is 0.216. The predicted molar refractivity (Wildman–Crippen MR) is 75.0 cm³/mol. The zero-order valence-electron chi connectivity index (χ0n) is 8.98. The maximum atomic E-state index is 11.6. The van der Waals surface area contributed by atoms with Crippen LogP contribution in [0.1, 0.15) is 0 Å². The number of anilines is 1. The lowest BCUT2D eigenvalue weighted by atomic mass is 10.3. The van der Waals surface area contributed by atoms with E-state index in [2.05, 4.69) is 22.6 Å². The van der Waals surface area contributed by atoms with Crippen LogP contribution >= 0.6 is 34.4 Å². The number of nitrogens with two attached hydrogens (primary N) is 2. The van der Waals surface area contributed by atoms with Crippen LogP contribution in [0.4, 0.5) is 10.5 Å². The standard InChI is InChI=1S/C9H13IN4OS/c1-13(11)9(15)14(12)6-4-3-5-7(16-2)8(6)10/h3-5H,11-12H2,1-2H3. The van der Waals surface area contributed by atoms with E-state index < -0.39 is 6.03 Å². The number of rotatable bonds is 2. The van der Waals surface area contributed by atoms with E-state index >= 15 is 0 Å². The van der Waals surface area contributed by atoms with E-state index in [-0.39, 0.29) is 0 Å². The number of benzene rings is 1. The maximum Gasteiger partial charge on any atom is 0.352 e. The molecule has 4 N–H and O–H groups in total. The molecule has 0 aliphatic carbocycles. The van der Waals surface area contributed by atoms with Gasteiger partial charge in [0.1, 0.15) is 0 Å². The summed E-state index contributed by atoms with van der Waals surface area (Å²) < 4.78 is 0.935. The molecule has 88 valence electrons. The average molecular weight is 352 g/mol. The molecule has 2 amide bonds. The number of hydrazine groups is 2. The molecular formula is C9H13IN4OS. The number of carbonyl (C=O) groups is 1. The van der Waals surface area contributed by atoms with Crippen molar-refractivity contribution in [3.8, 4) is 0 Å². The van der Waals surface area contributed by atoms with E-state index in [9.17, 15) is 4.79 Å². The van der Waals surface area contributed by atoms with Gasteiger partial charge < -0.3 is 0 Å². The third-order valence-electron chi connectivity index (χ3n) is 1.93. The van der Waals surface area contributed by atoms with E-state index in [4.69, 9.17) is 11.7 Å². The van der Waals surface area contributed by atoms with Crippen LogP contribution in [0.25, 0.3) is 0 Å². The van der Waals surface area contributed by atoms with E-state index in [1.54, 1.807) is 17.8 Å². The molecule has 0 spiro atoms. The first-order chi connectivity index (χ1) is 7.49. The fourth-order valence-electron chi connectivity index (χ4n) is 1.12. The van der Waals surface area contributed by atoms with Crippen molar-refractivity contribution >= 4 is 46.1 Å². The maximum absolute atomic E-state index is 11.6. The van der Waals surface area contributed by atoms with Gasteiger partial charge in [-0.1, -0.05) is 6.07 Å². The molecule has 0 heterocycles. The topological polar surface area (TPSA) is 75.6 Å². The first kappa shape index (κ1) is 13.6. The molecule has 0 fully saturated rings. The van der Waals surface area contributed by atoms with Crippen LogP contribution < -0.4 is 16.7 Å². The summed E-state index contributed by atoms with van der Waals surface area (Å²) >= 11 is 3.76. The Morgan fingerprint density at radius 3 is 2.56 bits per heavy atom. The molecule has 0 radical (unpaired) electrons. The summed E-state index contributed by atoms with van der Waals surface area (Å²) in [6.45, 7) is 0. The lowest BCUT2D eigenvalue weighted by Crippen LogP contribution is -2.48. The number of hydrogen-bond donors (Lipinski definition) is 2. The Balaban J connectivity index is 3.09. The van der Waals surface area contributed by atoms with Gasteiger partial charge in [0.05, 0.1) is 9.26 Å². The summed E-state index contributed by atoms with van der Waals surface area (Å²) in [5.74, 6) is 11.1. The Morgan fingerprint density at radius 1 is 1.44 bits per heavy atom. The molecule has 7 heteroatoms. The first-order valence-electron chi connectivity index (χ1n) is 4.38. The Bertz CT molecular complexity index is 399. The van der Waals surface area contributed by atoms with Crippen LogP contribution in [-0.2, 0) is 0 Å². The van der Waals surface area contributed by atoms with Crippen molar-refractivity contribution in [1.82, 2.24) is 5.01 Å². The van der Waals surface area contributed by atoms with Gasteiger partial charge in [0.15, 0.2) is 0 Å². The molecule has 5 nitrogen and oxygen atoms in total. The largest absolute Gasteiger partial charge is 0.352 e. The zero-order valence-corrected chi connectivity index (χ0v) is 11.9. The van der Waals surface area contributed by atoms with E-state index in [1.807, 2.05) is 18.4 Å². The van der Waals surface area contributed by atoms with E-state index in [1.165, 1.54) is 7.05 Å². The minimum Gasteiger partial charge on any atom is -0.264 e. The lowest BCUT2D eigenvalue weighted by Gasteiger charge is -2.22. The second-order valence-corrected chi connectivity index (χ2v) is 4.98. The van der Waals surface area contributed by atoms with Crippen LogP contribution in [0.2, 0.25) is 0 Å². The van der Waals surface area contributed by atoms with Crippen molar-refractivity contribution in [2.75, 3.05) is 18.3 Å². The highest BCUT2D eigenvalue weighted by atomic mass is 127. The highest BCUT2D eigenvalue weighted by Crippen LogP contribution is 2.30. The molecule has 0 aliphatic rings. The highest BCUT2D eigenvalue weighted by Gasteiger charge is 2.17. The number of nitrogens with zero attached hydrogens (tertiary/aromatic N) is 2. The average Bonchev–Trinajstić information content (AvgIpc) is 2.27. The first-order valence-corrected chi connectivity index (χ1v) is 6.69. The zero-order chi connectivity index (χ0) is 12.3. The fourth-order valence-corrected chi connectivity index (χ4v) is 2.89. The van der Waals surface area contributed by atoms with Gasteiger partial charge in [0.2, 0.25) is 0 Å². The predicted octanol–water partition coefficient (Wildman–Crippen LogP) is 1.62. The van der Waals surface area contributed by atoms with Gasteiger partial charge in [-0.25, -0.2) is 21.5 Å². The van der Waals surface area contributed by atoms with Gasteiger partial charge in [-0.2, -0.15) is 0 Å². The monoisotopic (exact) mass is 352 g/mol. The van der Waals surface area contributed by atoms with Gasteiger partial charge in [0, 0.05) is 11.9 Å². The van der Waals surface area contributed by atoms with Crippen molar-refractivity contribution in [1.29, 1.82) is 0 Å². The summed E-state index contributed by atoms with van der Waals surface area (Å²) in [5, 5.41) is 1.99. The van der Waals surface area contributed by atoms with Gasteiger partial charge >= 0.3 is 6.03 Å². The fraction of sp³-hybridized carbons (Fsp3) is 0.222. The third kappa shape index (κ3) is 2.78. The van der Waals surface area contributed by atoms with Crippen molar-refractivity contribution in [3.63, 3.8) is 0 Å². The third-order valence-corrected chi connectivity index (χ3v) is 4.21. The summed E-state index contributed by atoms with van der Waals surface area (Å²) in [5.41, 5.74) is 0.648. The highest BCUT2D eigenvalue weighted by molar-refractivity contribution is 14.1. The number of thioether (sulfide) groups is 1. The second-order valence-electron chi connectivity index (χ2n) is 3.06. The molecule has 0 saturated carbocycles. The molecule has 1 rings (SSSR count). The van der Waals surface area contributed by atoms with Gasteiger partial charge in [-0.3, -0.25) is 5.01 Å². The number of halogens is 1. The Kier molecular flexibility index (Phi) is 4.84. The summed E-state index contributed by atoms with van der Waals surface area (Å²) in [7, 11) is 1.45. The van der Waals surface area contributed by atoms with Gasteiger partial charge in [-0.15, -0.1) is 11.8 Å². The molecule has 0 bridgehead atoms. The number of carbonyl (C=O) groups excluding carboxylic acids is 1. The molecular weight excluding hydrogens is 339 g/mol. The minimum absolute atomic E-state index is 0.462. The van der Waals surface area contributed by atoms with Crippen molar-refractivity contribution < 1.29 is 4.79 Å². The van der Waals surface area contributed by atoms with Crippen molar-refractivity contribution in [2.24, 2.45) is 11.7 Å². The Hall–Kier alpha value is -0.510. The van der Waals surface area contributed by atoms with E-state index in [0.29, 0.717) is 5.69 Å². The molecule has 1 aromatic carbocycles. The molecule has 0 aromatic heterocycles. The number of hydrogen-bond acceptors (Lipinski definition) is 4. The minimum atomic E-state index is -0.462. The molecule has 0 aliphatic heterocycles. The van der Waals surface area contributed by atoms with Crippen molar-refractivity contribution in [2.45, 2.75) is 4.90 Å². The summed E-state index contributed by atoms with van der Waals surface area (Å²) in [6.07, 6.45) is 1.97. The smallest absolute Gasteiger partial charge is 0.264 e. The van der Waals surface area contributed by atoms with Gasteiger partial charge in [0.25, 0.3) is 0 Å². The second kappa shape index (κ2) is 5.71. The molecule has 0 unspecified atom stereocenters. The van der Waals surface area contributed by atoms with Crippen LogP contribution in [0.15, 0.2) is 23.1 Å². The van der Waals surface area contributed by atoms with Crippen LogP contribution in [0, 0.1) is 3.57 Å². The summed E-state index contributed by atoms with van der Waals surface area (Å²) in [4.78, 5) is 12.7. The Labute approximate surface area is 112 Å². The number of amides is 2. The number of urea groups is 1. The normalized spacial score (nSPS) is 10.1. The van der Waals surface area contributed by atoms with Crippen LogP contribution in [0.3, 0.4) is 0 Å². The Morgan fingerprint density at radius 2 is 2.06 bits per heavy atom. The van der Waals surface area contributed by atoms with E-state index in [0.717, 1.165) is 18.5 Å².